The van der Waals surface area contributed by atoms with E-state index < -0.39 is 20.0 Å². The summed E-state index contributed by atoms with van der Waals surface area (Å²) in [6.45, 7) is 5.40. The van der Waals surface area contributed by atoms with Crippen LogP contribution in [-0.2, 0) is 20.0 Å². The van der Waals surface area contributed by atoms with E-state index >= 15 is 0 Å². The van der Waals surface area contributed by atoms with Crippen LogP contribution in [0.4, 0.5) is 0 Å². The topological polar surface area (TPSA) is 86.8 Å². The second-order valence-electron chi connectivity index (χ2n) is 6.13. The number of piperazine rings is 1. The Bertz CT molecular complexity index is 773. The van der Waals surface area contributed by atoms with Gasteiger partial charge in [0, 0.05) is 43.8 Å². The van der Waals surface area contributed by atoms with Crippen LogP contribution in [0.3, 0.4) is 0 Å². The molecule has 0 aromatic heterocycles. The summed E-state index contributed by atoms with van der Waals surface area (Å²) < 4.78 is 53.3. The van der Waals surface area contributed by atoms with Crippen molar-refractivity contribution in [2.45, 2.75) is 24.8 Å². The summed E-state index contributed by atoms with van der Waals surface area (Å²) in [5.74, 6) is -0.238. The van der Waals surface area contributed by atoms with E-state index in [0.717, 1.165) is 0 Å². The van der Waals surface area contributed by atoms with Gasteiger partial charge in [-0.1, -0.05) is 11.6 Å². The molecule has 0 amide bonds. The van der Waals surface area contributed by atoms with Crippen molar-refractivity contribution in [3.8, 4) is 0 Å². The molecule has 0 saturated carbocycles. The van der Waals surface area contributed by atoms with Gasteiger partial charge >= 0.3 is 0 Å². The standard InChI is InChI=1S/C15H24ClN3O4S2/c1-13(2)19(25(22,23)15-5-3-14(16)4-6-15)11-12-24(20,21)18-9-7-17-8-10-18/h3-6,13,17H,7-12H2,1-2H3. The molecule has 2 rings (SSSR count). The van der Waals surface area contributed by atoms with Gasteiger partial charge in [-0.05, 0) is 38.1 Å². The molecule has 1 aromatic carbocycles. The van der Waals surface area contributed by atoms with E-state index in [9.17, 15) is 16.8 Å². The maximum atomic E-state index is 12.8. The maximum Gasteiger partial charge on any atom is 0.243 e. The van der Waals surface area contributed by atoms with E-state index in [-0.39, 0.29) is 23.2 Å². The molecule has 1 heterocycles. The smallest absolute Gasteiger partial charge is 0.243 e. The van der Waals surface area contributed by atoms with E-state index in [4.69, 9.17) is 11.6 Å². The first kappa shape index (κ1) is 20.6. The zero-order valence-electron chi connectivity index (χ0n) is 14.4. The number of hydrogen-bond donors (Lipinski definition) is 1. The van der Waals surface area contributed by atoms with E-state index in [0.29, 0.717) is 31.2 Å². The van der Waals surface area contributed by atoms with Gasteiger partial charge in [-0.3, -0.25) is 0 Å². The second-order valence-corrected chi connectivity index (χ2v) is 10.5. The van der Waals surface area contributed by atoms with Gasteiger partial charge in [0.05, 0.1) is 10.6 Å². The quantitative estimate of drug-likeness (QED) is 0.725. The van der Waals surface area contributed by atoms with Crippen LogP contribution in [0, 0.1) is 0 Å². The van der Waals surface area contributed by atoms with Crippen LogP contribution in [0.1, 0.15) is 13.8 Å². The summed E-state index contributed by atoms with van der Waals surface area (Å²) in [4.78, 5) is 0.102. The molecule has 1 aliphatic rings. The zero-order valence-corrected chi connectivity index (χ0v) is 16.7. The Morgan fingerprint density at radius 3 is 2.20 bits per heavy atom. The molecular weight excluding hydrogens is 386 g/mol. The van der Waals surface area contributed by atoms with Crippen LogP contribution in [0.2, 0.25) is 5.02 Å². The SMILES string of the molecule is CC(C)N(CCS(=O)(=O)N1CCNCC1)S(=O)(=O)c1ccc(Cl)cc1. The number of nitrogens with one attached hydrogen (secondary N) is 1. The lowest BCUT2D eigenvalue weighted by molar-refractivity contribution is 0.346. The van der Waals surface area contributed by atoms with E-state index in [1.165, 1.54) is 32.9 Å². The van der Waals surface area contributed by atoms with Crippen molar-refractivity contribution in [2.24, 2.45) is 0 Å². The number of rotatable bonds is 7. The Kier molecular flexibility index (Phi) is 6.86. The molecule has 1 aromatic rings. The first-order chi connectivity index (χ1) is 11.6. The molecule has 10 heteroatoms. The minimum Gasteiger partial charge on any atom is -0.314 e. The van der Waals surface area contributed by atoms with Crippen LogP contribution in [0.25, 0.3) is 0 Å². The molecule has 7 nitrogen and oxygen atoms in total. The van der Waals surface area contributed by atoms with Crippen molar-refractivity contribution < 1.29 is 16.8 Å². The molecular formula is C15H24ClN3O4S2. The summed E-state index contributed by atoms with van der Waals surface area (Å²) in [6.07, 6.45) is 0. The van der Waals surface area contributed by atoms with Gasteiger partial charge in [-0.25, -0.2) is 16.8 Å². The normalized spacial score (nSPS) is 17.3. The molecule has 1 fully saturated rings. The average Bonchev–Trinajstić information content (AvgIpc) is 2.55. The first-order valence-electron chi connectivity index (χ1n) is 8.10. The van der Waals surface area contributed by atoms with Crippen molar-refractivity contribution in [3.05, 3.63) is 29.3 Å². The fourth-order valence-corrected chi connectivity index (χ4v) is 5.96. The first-order valence-corrected chi connectivity index (χ1v) is 11.5. The predicted octanol–water partition coefficient (Wildman–Crippen LogP) is 0.974. The largest absolute Gasteiger partial charge is 0.314 e. The van der Waals surface area contributed by atoms with Crippen molar-refractivity contribution in [2.75, 3.05) is 38.5 Å². The number of benzene rings is 1. The average molecular weight is 410 g/mol. The third kappa shape index (κ3) is 5.15. The highest BCUT2D eigenvalue weighted by Gasteiger charge is 2.30. The van der Waals surface area contributed by atoms with Gasteiger partial charge in [0.15, 0.2) is 0 Å². The van der Waals surface area contributed by atoms with E-state index in [1.54, 1.807) is 13.8 Å². The van der Waals surface area contributed by atoms with Crippen molar-refractivity contribution >= 4 is 31.6 Å². The third-order valence-corrected chi connectivity index (χ3v) is 8.23. The second kappa shape index (κ2) is 8.32. The molecule has 0 atom stereocenters. The Morgan fingerprint density at radius 2 is 1.68 bits per heavy atom. The Labute approximate surface area is 155 Å². The van der Waals surface area contributed by atoms with Gasteiger partial charge in [0.25, 0.3) is 0 Å². The summed E-state index contributed by atoms with van der Waals surface area (Å²) in [5.41, 5.74) is 0. The molecule has 1 N–H and O–H groups in total. The van der Waals surface area contributed by atoms with Crippen LogP contribution < -0.4 is 5.32 Å². The van der Waals surface area contributed by atoms with Crippen LogP contribution in [-0.4, -0.2) is 70.0 Å². The highest BCUT2D eigenvalue weighted by atomic mass is 35.5. The lowest BCUT2D eigenvalue weighted by Crippen LogP contribution is -2.49. The molecule has 0 aliphatic carbocycles. The lowest BCUT2D eigenvalue weighted by Gasteiger charge is -2.29. The van der Waals surface area contributed by atoms with Gasteiger partial charge in [-0.2, -0.15) is 8.61 Å². The zero-order chi connectivity index (χ0) is 18.7. The number of sulfonamides is 2. The molecule has 0 spiro atoms. The summed E-state index contributed by atoms with van der Waals surface area (Å²) in [5, 5.41) is 3.54. The van der Waals surface area contributed by atoms with Gasteiger partial charge in [0.1, 0.15) is 0 Å². The Hall–Kier alpha value is -0.710. The fraction of sp³-hybridized carbons (Fsp3) is 0.600. The molecule has 0 unspecified atom stereocenters. The minimum atomic E-state index is -3.79. The lowest BCUT2D eigenvalue weighted by atomic mass is 10.4. The molecule has 1 saturated heterocycles. The maximum absolute atomic E-state index is 12.8. The van der Waals surface area contributed by atoms with E-state index in [1.807, 2.05) is 0 Å². The van der Waals surface area contributed by atoms with Gasteiger partial charge in [-0.15, -0.1) is 0 Å². The molecule has 142 valence electrons. The molecule has 0 bridgehead atoms. The van der Waals surface area contributed by atoms with Crippen LogP contribution in [0.5, 0.6) is 0 Å². The number of nitrogens with zero attached hydrogens (tertiary/aromatic N) is 2. The molecule has 25 heavy (non-hydrogen) atoms. The predicted molar refractivity (Wildman–Crippen MR) is 98.7 cm³/mol. The number of hydrogen-bond acceptors (Lipinski definition) is 5. The van der Waals surface area contributed by atoms with E-state index in [2.05, 4.69) is 5.32 Å². The summed E-state index contributed by atoms with van der Waals surface area (Å²) in [6, 6.07) is 5.50. The summed E-state index contributed by atoms with van der Waals surface area (Å²) in [7, 11) is -7.29. The number of halogens is 1. The fourth-order valence-electron chi connectivity index (χ4n) is 2.65. The van der Waals surface area contributed by atoms with Crippen molar-refractivity contribution in [1.29, 1.82) is 0 Å². The summed E-state index contributed by atoms with van der Waals surface area (Å²) >= 11 is 5.81. The van der Waals surface area contributed by atoms with Crippen LogP contribution in [0.15, 0.2) is 29.2 Å². The van der Waals surface area contributed by atoms with Crippen molar-refractivity contribution in [1.82, 2.24) is 13.9 Å². The van der Waals surface area contributed by atoms with Crippen molar-refractivity contribution in [3.63, 3.8) is 0 Å². The Balaban J connectivity index is 2.16. The highest BCUT2D eigenvalue weighted by molar-refractivity contribution is 7.90. The molecule has 1 aliphatic heterocycles. The highest BCUT2D eigenvalue weighted by Crippen LogP contribution is 2.20. The third-order valence-electron chi connectivity index (χ3n) is 4.04. The van der Waals surface area contributed by atoms with Crippen LogP contribution >= 0.6 is 11.6 Å². The van der Waals surface area contributed by atoms with Gasteiger partial charge in [0.2, 0.25) is 20.0 Å². The monoisotopic (exact) mass is 409 g/mol. The minimum absolute atomic E-state index is 0.0884. The van der Waals surface area contributed by atoms with Gasteiger partial charge < -0.3 is 5.32 Å². The molecule has 0 radical (unpaired) electrons. The Morgan fingerprint density at radius 1 is 1.12 bits per heavy atom.